The number of carboxylic acid groups (broad SMARTS) is 1. The maximum absolute atomic E-state index is 11.8. The summed E-state index contributed by atoms with van der Waals surface area (Å²) in [5.41, 5.74) is 0.530. The standard InChI is InChI=1S/C14H13NO4/c16-12(9-11-7-4-8-19-11)15-13(14(17)18)10-5-2-1-3-6-10/h1-8,13H,9H2,(H,15,16)(H,17,18). The number of carboxylic acids is 1. The summed E-state index contributed by atoms with van der Waals surface area (Å²) in [5.74, 6) is -1.00. The topological polar surface area (TPSA) is 79.5 Å². The van der Waals surface area contributed by atoms with Crippen molar-refractivity contribution in [1.82, 2.24) is 5.32 Å². The molecular formula is C14H13NO4. The van der Waals surface area contributed by atoms with Crippen LogP contribution in [0.15, 0.2) is 53.1 Å². The van der Waals surface area contributed by atoms with Crippen LogP contribution in [0.2, 0.25) is 0 Å². The molecule has 19 heavy (non-hydrogen) atoms. The van der Waals surface area contributed by atoms with Crippen LogP contribution in [-0.4, -0.2) is 17.0 Å². The molecule has 0 saturated carbocycles. The zero-order valence-electron chi connectivity index (χ0n) is 10.1. The second-order valence-corrected chi connectivity index (χ2v) is 4.01. The first kappa shape index (κ1) is 12.9. The lowest BCUT2D eigenvalue weighted by molar-refractivity contribution is -0.142. The van der Waals surface area contributed by atoms with Gasteiger partial charge in [-0.1, -0.05) is 30.3 Å². The number of rotatable bonds is 5. The Labute approximate surface area is 109 Å². The first-order valence-corrected chi connectivity index (χ1v) is 5.76. The van der Waals surface area contributed by atoms with Gasteiger partial charge in [-0.2, -0.15) is 0 Å². The molecule has 0 aliphatic rings. The molecule has 2 N–H and O–H groups in total. The van der Waals surface area contributed by atoms with E-state index in [1.54, 1.807) is 42.5 Å². The van der Waals surface area contributed by atoms with Crippen LogP contribution < -0.4 is 5.32 Å². The molecule has 1 amide bonds. The lowest BCUT2D eigenvalue weighted by Gasteiger charge is -2.14. The van der Waals surface area contributed by atoms with Gasteiger partial charge in [-0.25, -0.2) is 4.79 Å². The fourth-order valence-corrected chi connectivity index (χ4v) is 1.72. The summed E-state index contributed by atoms with van der Waals surface area (Å²) in [6, 6.07) is 10.8. The molecule has 5 heteroatoms. The van der Waals surface area contributed by atoms with Crippen molar-refractivity contribution in [2.24, 2.45) is 0 Å². The van der Waals surface area contributed by atoms with Crippen LogP contribution in [0.4, 0.5) is 0 Å². The molecule has 0 bridgehead atoms. The number of amides is 1. The zero-order chi connectivity index (χ0) is 13.7. The zero-order valence-corrected chi connectivity index (χ0v) is 10.1. The smallest absolute Gasteiger partial charge is 0.330 e. The summed E-state index contributed by atoms with van der Waals surface area (Å²) in [7, 11) is 0. The Hall–Kier alpha value is -2.56. The molecule has 0 saturated heterocycles. The predicted octanol–water partition coefficient (Wildman–Crippen LogP) is 1.76. The van der Waals surface area contributed by atoms with Crippen molar-refractivity contribution < 1.29 is 19.1 Å². The average Bonchev–Trinajstić information content (AvgIpc) is 2.89. The Balaban J connectivity index is 2.05. The van der Waals surface area contributed by atoms with E-state index < -0.39 is 17.9 Å². The van der Waals surface area contributed by atoms with Gasteiger partial charge in [0.2, 0.25) is 5.91 Å². The quantitative estimate of drug-likeness (QED) is 0.857. The summed E-state index contributed by atoms with van der Waals surface area (Å²) < 4.78 is 5.04. The predicted molar refractivity (Wildman–Crippen MR) is 67.4 cm³/mol. The van der Waals surface area contributed by atoms with Gasteiger partial charge in [0.25, 0.3) is 0 Å². The third-order valence-electron chi connectivity index (χ3n) is 2.60. The minimum atomic E-state index is -1.10. The molecule has 1 atom stereocenters. The van der Waals surface area contributed by atoms with E-state index in [1.807, 2.05) is 0 Å². The minimum Gasteiger partial charge on any atom is -0.479 e. The Kier molecular flexibility index (Phi) is 3.97. The van der Waals surface area contributed by atoms with Gasteiger partial charge in [-0.05, 0) is 17.7 Å². The van der Waals surface area contributed by atoms with E-state index in [-0.39, 0.29) is 6.42 Å². The van der Waals surface area contributed by atoms with E-state index in [2.05, 4.69) is 5.32 Å². The number of aliphatic carboxylic acids is 1. The Bertz CT molecular complexity index is 548. The third-order valence-corrected chi connectivity index (χ3v) is 2.60. The first-order chi connectivity index (χ1) is 9.16. The van der Waals surface area contributed by atoms with Gasteiger partial charge in [0.15, 0.2) is 6.04 Å². The summed E-state index contributed by atoms with van der Waals surface area (Å²) in [6.07, 6.45) is 1.48. The van der Waals surface area contributed by atoms with Gasteiger partial charge in [-0.3, -0.25) is 4.79 Å². The highest BCUT2D eigenvalue weighted by molar-refractivity contribution is 5.85. The van der Waals surface area contributed by atoms with Crippen LogP contribution >= 0.6 is 0 Å². The number of hydrogen-bond acceptors (Lipinski definition) is 3. The Morgan fingerprint density at radius 3 is 2.47 bits per heavy atom. The van der Waals surface area contributed by atoms with E-state index in [1.165, 1.54) is 6.26 Å². The third kappa shape index (κ3) is 3.45. The van der Waals surface area contributed by atoms with Gasteiger partial charge in [-0.15, -0.1) is 0 Å². The van der Waals surface area contributed by atoms with Crippen LogP contribution in [-0.2, 0) is 16.0 Å². The molecule has 1 heterocycles. The van der Waals surface area contributed by atoms with Crippen LogP contribution in [0.3, 0.4) is 0 Å². The molecule has 5 nitrogen and oxygen atoms in total. The van der Waals surface area contributed by atoms with Gasteiger partial charge in [0.1, 0.15) is 5.76 Å². The summed E-state index contributed by atoms with van der Waals surface area (Å²) >= 11 is 0. The molecule has 1 aromatic heterocycles. The maximum Gasteiger partial charge on any atom is 0.330 e. The van der Waals surface area contributed by atoms with Crippen LogP contribution in [0.1, 0.15) is 17.4 Å². The fourth-order valence-electron chi connectivity index (χ4n) is 1.72. The highest BCUT2D eigenvalue weighted by atomic mass is 16.4. The molecule has 0 spiro atoms. The lowest BCUT2D eigenvalue weighted by atomic mass is 10.1. The number of carbonyl (C=O) groups is 2. The Morgan fingerprint density at radius 2 is 1.89 bits per heavy atom. The number of hydrogen-bond donors (Lipinski definition) is 2. The van der Waals surface area contributed by atoms with Crippen molar-refractivity contribution in [3.63, 3.8) is 0 Å². The second kappa shape index (κ2) is 5.86. The highest BCUT2D eigenvalue weighted by Crippen LogP contribution is 2.13. The van der Waals surface area contributed by atoms with Crippen LogP contribution in [0.25, 0.3) is 0 Å². The molecule has 2 aromatic rings. The average molecular weight is 259 g/mol. The van der Waals surface area contributed by atoms with Gasteiger partial charge < -0.3 is 14.8 Å². The van der Waals surface area contributed by atoms with Crippen molar-refractivity contribution >= 4 is 11.9 Å². The van der Waals surface area contributed by atoms with Crippen LogP contribution in [0.5, 0.6) is 0 Å². The largest absolute Gasteiger partial charge is 0.479 e. The van der Waals surface area contributed by atoms with Crippen molar-refractivity contribution in [3.05, 3.63) is 60.1 Å². The second-order valence-electron chi connectivity index (χ2n) is 4.01. The van der Waals surface area contributed by atoms with E-state index in [4.69, 9.17) is 9.52 Å². The number of nitrogens with one attached hydrogen (secondary N) is 1. The van der Waals surface area contributed by atoms with E-state index in [9.17, 15) is 9.59 Å². The molecule has 1 aromatic carbocycles. The minimum absolute atomic E-state index is 0.0175. The normalized spacial score (nSPS) is 11.8. The van der Waals surface area contributed by atoms with Crippen molar-refractivity contribution in [3.8, 4) is 0 Å². The number of benzene rings is 1. The Morgan fingerprint density at radius 1 is 1.16 bits per heavy atom. The van der Waals surface area contributed by atoms with E-state index in [0.717, 1.165) is 0 Å². The van der Waals surface area contributed by atoms with Gasteiger partial charge in [0, 0.05) is 0 Å². The highest BCUT2D eigenvalue weighted by Gasteiger charge is 2.22. The fraction of sp³-hybridized carbons (Fsp3) is 0.143. The molecule has 0 fully saturated rings. The molecule has 0 aliphatic carbocycles. The van der Waals surface area contributed by atoms with Gasteiger partial charge in [0.05, 0.1) is 12.7 Å². The van der Waals surface area contributed by atoms with Crippen molar-refractivity contribution in [2.75, 3.05) is 0 Å². The number of furan rings is 1. The molecule has 0 radical (unpaired) electrons. The molecule has 2 rings (SSSR count). The van der Waals surface area contributed by atoms with Crippen LogP contribution in [0, 0.1) is 0 Å². The lowest BCUT2D eigenvalue weighted by Crippen LogP contribution is -2.34. The summed E-state index contributed by atoms with van der Waals surface area (Å²) in [5, 5.41) is 11.6. The molecule has 98 valence electrons. The van der Waals surface area contributed by atoms with E-state index >= 15 is 0 Å². The van der Waals surface area contributed by atoms with Crippen molar-refractivity contribution in [1.29, 1.82) is 0 Å². The SMILES string of the molecule is O=C(Cc1ccco1)NC(C(=O)O)c1ccccc1. The maximum atomic E-state index is 11.8. The first-order valence-electron chi connectivity index (χ1n) is 5.76. The molecule has 1 unspecified atom stereocenters. The molecular weight excluding hydrogens is 246 g/mol. The summed E-state index contributed by atoms with van der Waals surface area (Å²) in [6.45, 7) is 0. The van der Waals surface area contributed by atoms with E-state index in [0.29, 0.717) is 11.3 Å². The number of carbonyl (C=O) groups excluding carboxylic acids is 1. The van der Waals surface area contributed by atoms with Crippen molar-refractivity contribution in [2.45, 2.75) is 12.5 Å². The van der Waals surface area contributed by atoms with Gasteiger partial charge >= 0.3 is 5.97 Å². The monoisotopic (exact) mass is 259 g/mol. The molecule has 0 aliphatic heterocycles. The summed E-state index contributed by atoms with van der Waals surface area (Å²) in [4.78, 5) is 23.0.